The molecule has 4 heteroatoms. The van der Waals surface area contributed by atoms with Crippen LogP contribution >= 0.6 is 0 Å². The molecule has 4 nitrogen and oxygen atoms in total. The molecule has 0 aromatic heterocycles. The van der Waals surface area contributed by atoms with Gasteiger partial charge < -0.3 is 9.47 Å². The Balaban J connectivity index is 1.44. The van der Waals surface area contributed by atoms with Gasteiger partial charge in [-0.1, -0.05) is 13.8 Å². The minimum atomic E-state index is -0.172. The van der Waals surface area contributed by atoms with Crippen LogP contribution in [-0.4, -0.2) is 29.6 Å². The molecule has 0 aromatic carbocycles. The summed E-state index contributed by atoms with van der Waals surface area (Å²) in [6, 6.07) is 0. The molecule has 0 N–H and O–H groups in total. The van der Waals surface area contributed by atoms with Gasteiger partial charge in [-0.15, -0.1) is 0 Å². The second-order valence-corrected chi connectivity index (χ2v) is 9.92. The molecule has 0 radical (unpaired) electrons. The predicted octanol–water partition coefficient (Wildman–Crippen LogP) is 3.66. The zero-order valence-corrected chi connectivity index (χ0v) is 15.7. The van der Waals surface area contributed by atoms with E-state index in [1.165, 1.54) is 6.92 Å². The van der Waals surface area contributed by atoms with Crippen LogP contribution in [-0.2, 0) is 19.1 Å². The minimum Gasteiger partial charge on any atom is -0.462 e. The highest BCUT2D eigenvalue weighted by molar-refractivity contribution is 5.87. The van der Waals surface area contributed by atoms with Crippen molar-refractivity contribution in [2.24, 2.45) is 28.6 Å². The van der Waals surface area contributed by atoms with E-state index < -0.39 is 0 Å². The molecule has 138 valence electrons. The minimum absolute atomic E-state index is 0.0223. The van der Waals surface area contributed by atoms with Crippen LogP contribution in [0.4, 0.5) is 0 Å². The molecule has 5 rings (SSSR count). The highest BCUT2D eigenvalue weighted by Gasteiger charge is 2.76. The summed E-state index contributed by atoms with van der Waals surface area (Å²) in [4.78, 5) is 23.9. The number of fused-ring (bicyclic) bond motifs is 4. The quantitative estimate of drug-likeness (QED) is 0.537. The maximum atomic E-state index is 12.5. The Labute approximate surface area is 150 Å². The van der Waals surface area contributed by atoms with E-state index in [4.69, 9.17) is 9.47 Å². The van der Waals surface area contributed by atoms with Crippen molar-refractivity contribution in [1.29, 1.82) is 0 Å². The number of hydrogen-bond donors (Lipinski definition) is 0. The van der Waals surface area contributed by atoms with Crippen molar-refractivity contribution in [3.63, 3.8) is 0 Å². The molecule has 25 heavy (non-hydrogen) atoms. The Morgan fingerprint density at radius 3 is 2.72 bits per heavy atom. The maximum absolute atomic E-state index is 12.5. The third kappa shape index (κ3) is 1.92. The van der Waals surface area contributed by atoms with Gasteiger partial charge in [0.1, 0.15) is 17.5 Å². The van der Waals surface area contributed by atoms with E-state index in [2.05, 4.69) is 13.8 Å². The van der Waals surface area contributed by atoms with Gasteiger partial charge in [-0.25, -0.2) is 0 Å². The molecule has 0 aromatic rings. The molecular formula is C21H30O4. The number of carbonyl (C=O) groups excluding carboxylic acids is 2. The van der Waals surface area contributed by atoms with Crippen molar-refractivity contribution >= 4 is 11.8 Å². The van der Waals surface area contributed by atoms with Crippen molar-refractivity contribution in [3.8, 4) is 0 Å². The molecule has 1 spiro atoms. The standard InChI is InChI=1S/C21H30O4/c1-12(22)24-13-6-9-20(3)16-7-8-19(2)15(4-5-17(19)23)14(16)10-18-21(20,11-13)25-18/h13-16,18H,4-11H2,1-3H3/t13-,14-,15-,16-,18-,19-,20+,21-/m0/s1. The first-order valence-corrected chi connectivity index (χ1v) is 10.2. The van der Waals surface area contributed by atoms with Crippen LogP contribution in [0.1, 0.15) is 72.1 Å². The first-order valence-electron chi connectivity index (χ1n) is 10.2. The van der Waals surface area contributed by atoms with Gasteiger partial charge in [0, 0.05) is 30.6 Å². The van der Waals surface area contributed by atoms with Gasteiger partial charge in [0.05, 0.1) is 6.10 Å². The predicted molar refractivity (Wildman–Crippen MR) is 91.8 cm³/mol. The monoisotopic (exact) mass is 346 g/mol. The molecule has 0 bridgehead atoms. The molecule has 1 aliphatic heterocycles. The fourth-order valence-corrected chi connectivity index (χ4v) is 7.75. The van der Waals surface area contributed by atoms with Gasteiger partial charge in [-0.05, 0) is 56.3 Å². The Morgan fingerprint density at radius 2 is 1.96 bits per heavy atom. The molecule has 0 unspecified atom stereocenters. The third-order valence-electron chi connectivity index (χ3n) is 9.08. The average Bonchev–Trinajstić information content (AvgIpc) is 3.15. The zero-order valence-electron chi connectivity index (χ0n) is 15.7. The Morgan fingerprint density at radius 1 is 1.16 bits per heavy atom. The molecule has 5 fully saturated rings. The molecular weight excluding hydrogens is 316 g/mol. The van der Waals surface area contributed by atoms with Crippen LogP contribution in [0.5, 0.6) is 0 Å². The van der Waals surface area contributed by atoms with Crippen LogP contribution in [0.15, 0.2) is 0 Å². The number of rotatable bonds is 1. The molecule has 4 saturated carbocycles. The summed E-state index contributed by atoms with van der Waals surface area (Å²) in [6.07, 6.45) is 8.45. The second-order valence-electron chi connectivity index (χ2n) is 9.92. The smallest absolute Gasteiger partial charge is 0.302 e. The number of epoxide rings is 1. The SMILES string of the molecule is CC(=O)O[C@H]1CC[C@]2(C)[C@H]3CC[C@]4(C)C(=O)CC[C@H]4[C@@H]3C[C@@H]3O[C@@]32C1. The Hall–Kier alpha value is -0.900. The highest BCUT2D eigenvalue weighted by atomic mass is 16.6. The lowest BCUT2D eigenvalue weighted by atomic mass is 9.45. The first-order chi connectivity index (χ1) is 11.8. The van der Waals surface area contributed by atoms with Crippen LogP contribution in [0.25, 0.3) is 0 Å². The average molecular weight is 346 g/mol. The number of ether oxygens (including phenoxy) is 2. The highest BCUT2D eigenvalue weighted by Crippen LogP contribution is 2.73. The Kier molecular flexibility index (Phi) is 3.18. The van der Waals surface area contributed by atoms with Crippen molar-refractivity contribution < 1.29 is 19.1 Å². The lowest BCUT2D eigenvalue weighted by Crippen LogP contribution is -2.58. The molecule has 1 saturated heterocycles. The first kappa shape index (κ1) is 16.3. The van der Waals surface area contributed by atoms with Gasteiger partial charge in [0.2, 0.25) is 0 Å². The number of carbonyl (C=O) groups is 2. The third-order valence-corrected chi connectivity index (χ3v) is 9.08. The number of esters is 1. The number of hydrogen-bond acceptors (Lipinski definition) is 4. The van der Waals surface area contributed by atoms with Crippen molar-refractivity contribution in [2.45, 2.75) is 89.9 Å². The summed E-state index contributed by atoms with van der Waals surface area (Å²) in [6.45, 7) is 6.18. The lowest BCUT2D eigenvalue weighted by Gasteiger charge is -2.58. The summed E-state index contributed by atoms with van der Waals surface area (Å²) >= 11 is 0. The van der Waals surface area contributed by atoms with E-state index in [9.17, 15) is 9.59 Å². The largest absolute Gasteiger partial charge is 0.462 e. The van der Waals surface area contributed by atoms with Crippen molar-refractivity contribution in [2.75, 3.05) is 0 Å². The van der Waals surface area contributed by atoms with Crippen LogP contribution in [0.2, 0.25) is 0 Å². The Bertz CT molecular complexity index is 644. The van der Waals surface area contributed by atoms with E-state index in [0.717, 1.165) is 51.4 Å². The summed E-state index contributed by atoms with van der Waals surface area (Å²) in [7, 11) is 0. The van der Waals surface area contributed by atoms with Crippen LogP contribution in [0.3, 0.4) is 0 Å². The molecule has 8 atom stereocenters. The van der Waals surface area contributed by atoms with E-state index in [0.29, 0.717) is 29.6 Å². The topological polar surface area (TPSA) is 55.9 Å². The van der Waals surface area contributed by atoms with Gasteiger partial charge in [0.15, 0.2) is 0 Å². The normalized spacial score (nSPS) is 56.3. The zero-order chi connectivity index (χ0) is 17.6. The molecule has 1 heterocycles. The van der Waals surface area contributed by atoms with Crippen LogP contribution < -0.4 is 0 Å². The molecule has 4 aliphatic carbocycles. The van der Waals surface area contributed by atoms with Gasteiger partial charge in [0.25, 0.3) is 0 Å². The molecule has 5 aliphatic rings. The lowest BCUT2D eigenvalue weighted by molar-refractivity contribution is -0.157. The molecule has 0 amide bonds. The number of ketones is 1. The summed E-state index contributed by atoms with van der Waals surface area (Å²) in [5.74, 6) is 2.19. The fourth-order valence-electron chi connectivity index (χ4n) is 7.75. The second kappa shape index (κ2) is 4.88. The number of Topliss-reactive ketones (excluding diaryl/α,β-unsaturated/α-hetero) is 1. The fraction of sp³-hybridized carbons (Fsp3) is 0.905. The van der Waals surface area contributed by atoms with Crippen molar-refractivity contribution in [3.05, 3.63) is 0 Å². The van der Waals surface area contributed by atoms with Crippen LogP contribution in [0, 0.1) is 28.6 Å². The van der Waals surface area contributed by atoms with Gasteiger partial charge in [-0.3, -0.25) is 9.59 Å². The summed E-state index contributed by atoms with van der Waals surface area (Å²) < 4.78 is 12.0. The van der Waals surface area contributed by atoms with E-state index in [1.54, 1.807) is 0 Å². The maximum Gasteiger partial charge on any atom is 0.302 e. The van der Waals surface area contributed by atoms with E-state index >= 15 is 0 Å². The van der Waals surface area contributed by atoms with E-state index in [1.807, 2.05) is 0 Å². The van der Waals surface area contributed by atoms with Gasteiger partial charge in [-0.2, -0.15) is 0 Å². The van der Waals surface area contributed by atoms with E-state index in [-0.39, 0.29) is 28.5 Å². The van der Waals surface area contributed by atoms with Crippen molar-refractivity contribution in [1.82, 2.24) is 0 Å². The summed E-state index contributed by atoms with van der Waals surface area (Å²) in [5.41, 5.74) is 0.0500. The summed E-state index contributed by atoms with van der Waals surface area (Å²) in [5, 5.41) is 0. The van der Waals surface area contributed by atoms with Gasteiger partial charge >= 0.3 is 5.97 Å².